The minimum Gasteiger partial charge on any atom is -0.497 e. The highest BCUT2D eigenvalue weighted by Crippen LogP contribution is 2.15. The summed E-state index contributed by atoms with van der Waals surface area (Å²) in [5, 5.41) is 10.4. The van der Waals surface area contributed by atoms with Crippen molar-refractivity contribution in [1.29, 1.82) is 5.41 Å². The third-order valence-electron chi connectivity index (χ3n) is 2.33. The molecule has 0 atom stereocenters. The fraction of sp³-hybridized carbons (Fsp3) is 0.308. The normalized spacial score (nSPS) is 11.4. The molecule has 0 saturated heterocycles. The van der Waals surface area contributed by atoms with Crippen LogP contribution in [0, 0.1) is 11.3 Å². The molecule has 1 aromatic rings. The highest BCUT2D eigenvalue weighted by molar-refractivity contribution is 5.77. The summed E-state index contributed by atoms with van der Waals surface area (Å²) >= 11 is 0. The maximum Gasteiger partial charge on any atom is 0.119 e. The Labute approximate surface area is 96.6 Å². The van der Waals surface area contributed by atoms with Crippen molar-refractivity contribution in [2.24, 2.45) is 5.92 Å². The molecule has 0 aromatic heterocycles. The van der Waals surface area contributed by atoms with Crippen LogP contribution in [-0.4, -0.2) is 13.3 Å². The van der Waals surface area contributed by atoms with E-state index < -0.39 is 0 Å². The molecule has 0 aliphatic carbocycles. The van der Waals surface area contributed by atoms with Gasteiger partial charge in [-0.2, -0.15) is 0 Å². The molecule has 0 spiro atoms. The fourth-order valence-electron chi connectivity index (χ4n) is 1.23. The first kappa shape index (κ1) is 12.3. The Morgan fingerprint density at radius 2 is 1.94 bits per heavy atom. The molecular weight excluding hydrogens is 200 g/mol. The van der Waals surface area contributed by atoms with Gasteiger partial charge in [-0.15, -0.1) is 0 Å². The number of allylic oxidation sites excluding steroid dienone is 1. The highest BCUT2D eigenvalue weighted by Gasteiger charge is 1.98. The summed E-state index contributed by atoms with van der Waals surface area (Å²) in [5.74, 6) is 1.19. The summed E-state index contributed by atoms with van der Waals surface area (Å²) in [7, 11) is 1.65. The van der Waals surface area contributed by atoms with E-state index in [1.807, 2.05) is 30.5 Å². The van der Waals surface area contributed by atoms with E-state index in [9.17, 15) is 0 Å². The van der Waals surface area contributed by atoms with Crippen molar-refractivity contribution < 1.29 is 4.74 Å². The van der Waals surface area contributed by atoms with Crippen LogP contribution in [0.15, 0.2) is 36.0 Å². The van der Waals surface area contributed by atoms with Gasteiger partial charge in [-0.25, -0.2) is 0 Å². The van der Waals surface area contributed by atoms with Crippen LogP contribution in [0.25, 0.3) is 0 Å². The molecule has 86 valence electrons. The van der Waals surface area contributed by atoms with E-state index in [1.165, 1.54) is 6.21 Å². The predicted molar refractivity (Wildman–Crippen MR) is 68.3 cm³/mol. The van der Waals surface area contributed by atoms with Gasteiger partial charge in [0, 0.05) is 18.1 Å². The highest BCUT2D eigenvalue weighted by atomic mass is 16.5. The van der Waals surface area contributed by atoms with Crippen LogP contribution in [0.4, 0.5) is 5.69 Å². The third-order valence-corrected chi connectivity index (χ3v) is 2.33. The van der Waals surface area contributed by atoms with Gasteiger partial charge in [0.15, 0.2) is 0 Å². The van der Waals surface area contributed by atoms with E-state index in [2.05, 4.69) is 19.2 Å². The Kier molecular flexibility index (Phi) is 4.58. The molecule has 0 saturated carbocycles. The molecule has 0 aliphatic heterocycles. The van der Waals surface area contributed by atoms with Crippen molar-refractivity contribution in [3.05, 3.63) is 36.0 Å². The molecule has 3 nitrogen and oxygen atoms in total. The topological polar surface area (TPSA) is 45.1 Å². The second-order valence-electron chi connectivity index (χ2n) is 3.82. The molecule has 0 amide bonds. The van der Waals surface area contributed by atoms with Gasteiger partial charge < -0.3 is 15.5 Å². The Morgan fingerprint density at radius 3 is 2.38 bits per heavy atom. The van der Waals surface area contributed by atoms with Crippen molar-refractivity contribution in [1.82, 2.24) is 0 Å². The lowest BCUT2D eigenvalue weighted by Crippen LogP contribution is -1.99. The van der Waals surface area contributed by atoms with Crippen molar-refractivity contribution in [2.75, 3.05) is 12.4 Å². The monoisotopic (exact) mass is 218 g/mol. The number of ether oxygens (including phenoxy) is 1. The van der Waals surface area contributed by atoms with E-state index >= 15 is 0 Å². The van der Waals surface area contributed by atoms with Gasteiger partial charge in [0.1, 0.15) is 5.75 Å². The first-order chi connectivity index (χ1) is 7.67. The number of nitrogens with one attached hydrogen (secondary N) is 2. The quantitative estimate of drug-likeness (QED) is 0.745. The molecule has 0 radical (unpaired) electrons. The number of rotatable bonds is 5. The SMILES string of the molecule is COc1ccc(N/C=C(\C=N)C(C)C)cc1. The summed E-state index contributed by atoms with van der Waals surface area (Å²) < 4.78 is 5.07. The zero-order valence-electron chi connectivity index (χ0n) is 9.95. The minimum atomic E-state index is 0.350. The zero-order chi connectivity index (χ0) is 12.0. The van der Waals surface area contributed by atoms with Gasteiger partial charge in [-0.3, -0.25) is 0 Å². The maximum atomic E-state index is 7.27. The molecule has 0 heterocycles. The molecule has 0 aliphatic rings. The van der Waals surface area contributed by atoms with Crippen molar-refractivity contribution in [3.63, 3.8) is 0 Å². The zero-order valence-corrected chi connectivity index (χ0v) is 9.95. The summed E-state index contributed by atoms with van der Waals surface area (Å²) in [5.41, 5.74) is 1.96. The minimum absolute atomic E-state index is 0.350. The van der Waals surface area contributed by atoms with Gasteiger partial charge in [0.25, 0.3) is 0 Å². The summed E-state index contributed by atoms with van der Waals surface area (Å²) in [6.07, 6.45) is 3.24. The number of hydrogen-bond acceptors (Lipinski definition) is 3. The number of benzene rings is 1. The van der Waals surface area contributed by atoms with Crippen LogP contribution < -0.4 is 10.1 Å². The van der Waals surface area contributed by atoms with Crippen molar-refractivity contribution in [2.45, 2.75) is 13.8 Å². The van der Waals surface area contributed by atoms with E-state index in [-0.39, 0.29) is 0 Å². The molecular formula is C13H18N2O. The molecule has 16 heavy (non-hydrogen) atoms. The molecule has 2 N–H and O–H groups in total. The van der Waals surface area contributed by atoms with E-state index in [0.29, 0.717) is 5.92 Å². The van der Waals surface area contributed by atoms with Crippen LogP contribution >= 0.6 is 0 Å². The largest absolute Gasteiger partial charge is 0.497 e. The average molecular weight is 218 g/mol. The molecule has 1 aromatic carbocycles. The second kappa shape index (κ2) is 5.95. The third kappa shape index (κ3) is 3.42. The van der Waals surface area contributed by atoms with Gasteiger partial charge in [0.05, 0.1) is 7.11 Å². The van der Waals surface area contributed by atoms with Crippen LogP contribution in [0.5, 0.6) is 5.75 Å². The van der Waals surface area contributed by atoms with Gasteiger partial charge in [-0.05, 0) is 35.8 Å². The van der Waals surface area contributed by atoms with Gasteiger partial charge >= 0.3 is 0 Å². The van der Waals surface area contributed by atoms with E-state index in [1.54, 1.807) is 7.11 Å². The van der Waals surface area contributed by atoms with Crippen LogP contribution in [0.3, 0.4) is 0 Å². The Hall–Kier alpha value is -1.77. The first-order valence-corrected chi connectivity index (χ1v) is 5.28. The number of anilines is 1. The van der Waals surface area contributed by atoms with Crippen LogP contribution in [0.2, 0.25) is 0 Å². The summed E-state index contributed by atoms with van der Waals surface area (Å²) in [6, 6.07) is 7.68. The van der Waals surface area contributed by atoms with Crippen molar-refractivity contribution >= 4 is 11.9 Å². The smallest absolute Gasteiger partial charge is 0.119 e. The summed E-state index contributed by atoms with van der Waals surface area (Å²) in [4.78, 5) is 0. The number of hydrogen-bond donors (Lipinski definition) is 2. The second-order valence-corrected chi connectivity index (χ2v) is 3.82. The lowest BCUT2D eigenvalue weighted by atomic mass is 10.1. The van der Waals surface area contributed by atoms with Crippen LogP contribution in [0.1, 0.15) is 13.8 Å². The Morgan fingerprint density at radius 1 is 1.31 bits per heavy atom. The van der Waals surface area contributed by atoms with Gasteiger partial charge in [0.2, 0.25) is 0 Å². The molecule has 3 heteroatoms. The lowest BCUT2D eigenvalue weighted by molar-refractivity contribution is 0.415. The van der Waals surface area contributed by atoms with Crippen LogP contribution in [-0.2, 0) is 0 Å². The molecule has 0 bridgehead atoms. The van der Waals surface area contributed by atoms with E-state index in [4.69, 9.17) is 10.1 Å². The molecule has 0 unspecified atom stereocenters. The average Bonchev–Trinajstić information content (AvgIpc) is 2.30. The maximum absolute atomic E-state index is 7.27. The molecule has 0 fully saturated rings. The van der Waals surface area contributed by atoms with Crippen molar-refractivity contribution in [3.8, 4) is 5.75 Å². The summed E-state index contributed by atoms with van der Waals surface area (Å²) in [6.45, 7) is 4.12. The van der Waals surface area contributed by atoms with E-state index in [0.717, 1.165) is 17.0 Å². The predicted octanol–water partition coefficient (Wildman–Crippen LogP) is 3.30. The standard InChI is InChI=1S/C13H18N2O/c1-10(2)11(8-14)9-15-12-4-6-13(16-3)7-5-12/h4-10,14-15H,1-3H3/b11-9+,14-8?. The first-order valence-electron chi connectivity index (χ1n) is 5.28. The van der Waals surface area contributed by atoms with Gasteiger partial charge in [-0.1, -0.05) is 13.8 Å². The number of methoxy groups -OCH3 is 1. The Balaban J connectivity index is 2.69. The Bertz CT molecular complexity index is 366. The lowest BCUT2D eigenvalue weighted by Gasteiger charge is -2.07. The molecule has 1 rings (SSSR count). The fourth-order valence-corrected chi connectivity index (χ4v) is 1.23.